The SMILES string of the molecule is CCOCCNS(=O)(=O)c1cc(C=CC(=O)O)ccc1C. The maximum Gasteiger partial charge on any atom is 0.328 e. The van der Waals surface area contributed by atoms with Gasteiger partial charge in [-0.25, -0.2) is 17.9 Å². The molecule has 0 aliphatic heterocycles. The number of sulfonamides is 1. The van der Waals surface area contributed by atoms with Crippen LogP contribution in [0.5, 0.6) is 0 Å². The molecule has 1 aromatic carbocycles. The van der Waals surface area contributed by atoms with Crippen LogP contribution in [0.2, 0.25) is 0 Å². The van der Waals surface area contributed by atoms with E-state index < -0.39 is 16.0 Å². The van der Waals surface area contributed by atoms with Gasteiger partial charge in [-0.3, -0.25) is 0 Å². The summed E-state index contributed by atoms with van der Waals surface area (Å²) in [7, 11) is -3.64. The van der Waals surface area contributed by atoms with E-state index in [2.05, 4.69) is 4.72 Å². The molecule has 1 aromatic rings. The molecule has 0 saturated heterocycles. The molecule has 2 N–H and O–H groups in total. The van der Waals surface area contributed by atoms with Crippen LogP contribution in [0.15, 0.2) is 29.2 Å². The Bertz CT molecular complexity index is 622. The van der Waals surface area contributed by atoms with Crippen LogP contribution in [0.1, 0.15) is 18.1 Å². The zero-order valence-electron chi connectivity index (χ0n) is 12.0. The number of hydrogen-bond donors (Lipinski definition) is 2. The molecule has 0 saturated carbocycles. The van der Waals surface area contributed by atoms with E-state index >= 15 is 0 Å². The van der Waals surface area contributed by atoms with Gasteiger partial charge < -0.3 is 9.84 Å². The van der Waals surface area contributed by atoms with E-state index in [9.17, 15) is 13.2 Å². The lowest BCUT2D eigenvalue weighted by molar-refractivity contribution is -0.131. The molecule has 0 radical (unpaired) electrons. The minimum absolute atomic E-state index is 0.131. The number of aliphatic carboxylic acids is 1. The molecule has 0 atom stereocenters. The van der Waals surface area contributed by atoms with Crippen LogP contribution >= 0.6 is 0 Å². The molecule has 0 fully saturated rings. The number of aryl methyl sites for hydroxylation is 1. The Morgan fingerprint density at radius 2 is 2.14 bits per heavy atom. The molecule has 0 amide bonds. The Hall–Kier alpha value is -1.70. The molecular formula is C14H19NO5S. The summed E-state index contributed by atoms with van der Waals surface area (Å²) in [6, 6.07) is 4.74. The molecule has 0 aliphatic carbocycles. The highest BCUT2D eigenvalue weighted by Gasteiger charge is 2.16. The molecule has 0 aliphatic rings. The molecule has 21 heavy (non-hydrogen) atoms. The van der Waals surface area contributed by atoms with Gasteiger partial charge in [0.15, 0.2) is 0 Å². The average molecular weight is 313 g/mol. The van der Waals surface area contributed by atoms with Gasteiger partial charge >= 0.3 is 5.97 Å². The summed E-state index contributed by atoms with van der Waals surface area (Å²) in [5.74, 6) is -1.09. The molecule has 116 valence electrons. The third-order valence-corrected chi connectivity index (χ3v) is 4.27. The first-order valence-electron chi connectivity index (χ1n) is 6.46. The third-order valence-electron chi connectivity index (χ3n) is 2.66. The van der Waals surface area contributed by atoms with Crippen molar-refractivity contribution in [1.29, 1.82) is 0 Å². The maximum atomic E-state index is 12.2. The van der Waals surface area contributed by atoms with Gasteiger partial charge in [0.2, 0.25) is 10.0 Å². The zero-order valence-corrected chi connectivity index (χ0v) is 12.8. The van der Waals surface area contributed by atoms with Crippen molar-refractivity contribution < 1.29 is 23.1 Å². The van der Waals surface area contributed by atoms with Crippen LogP contribution in [0, 0.1) is 6.92 Å². The Kier molecular flexibility index (Phi) is 6.54. The molecular weight excluding hydrogens is 294 g/mol. The summed E-state index contributed by atoms with van der Waals surface area (Å²) in [6.45, 7) is 4.52. The van der Waals surface area contributed by atoms with E-state index in [-0.39, 0.29) is 11.4 Å². The standard InChI is InChI=1S/C14H19NO5S/c1-3-20-9-8-15-21(18,19)13-10-12(5-4-11(13)2)6-7-14(16)17/h4-7,10,15H,3,8-9H2,1-2H3,(H,16,17). The third kappa shape index (κ3) is 5.66. The molecule has 0 aromatic heterocycles. The predicted octanol–water partition coefficient (Wildman–Crippen LogP) is 1.41. The predicted molar refractivity (Wildman–Crippen MR) is 79.5 cm³/mol. The number of carboxylic acids is 1. The number of nitrogens with one attached hydrogen (secondary N) is 1. The van der Waals surface area contributed by atoms with Gasteiger partial charge in [0, 0.05) is 19.2 Å². The van der Waals surface area contributed by atoms with Gasteiger partial charge in [-0.15, -0.1) is 0 Å². The molecule has 1 rings (SSSR count). The fourth-order valence-corrected chi connectivity index (χ4v) is 2.94. The van der Waals surface area contributed by atoms with Crippen molar-refractivity contribution in [2.24, 2.45) is 0 Å². The van der Waals surface area contributed by atoms with Crippen molar-refractivity contribution in [3.8, 4) is 0 Å². The molecule has 0 spiro atoms. The summed E-state index contributed by atoms with van der Waals surface area (Å²) in [6.07, 6.45) is 2.31. The Labute approximate surface area is 124 Å². The first-order valence-corrected chi connectivity index (χ1v) is 7.94. The smallest absolute Gasteiger partial charge is 0.328 e. The Balaban J connectivity index is 2.94. The van der Waals surface area contributed by atoms with Crippen molar-refractivity contribution in [1.82, 2.24) is 4.72 Å². The monoisotopic (exact) mass is 313 g/mol. The second-order valence-corrected chi connectivity index (χ2v) is 6.03. The summed E-state index contributed by atoms with van der Waals surface area (Å²) in [4.78, 5) is 10.6. The lowest BCUT2D eigenvalue weighted by Crippen LogP contribution is -2.28. The van der Waals surface area contributed by atoms with Crippen molar-refractivity contribution >= 4 is 22.1 Å². The number of carbonyl (C=O) groups is 1. The normalized spacial score (nSPS) is 11.9. The summed E-state index contributed by atoms with van der Waals surface area (Å²) in [5, 5.41) is 8.59. The van der Waals surface area contributed by atoms with E-state index in [0.29, 0.717) is 24.3 Å². The van der Waals surface area contributed by atoms with Gasteiger partial charge in [-0.05, 0) is 37.1 Å². The largest absolute Gasteiger partial charge is 0.478 e. The zero-order chi connectivity index (χ0) is 15.9. The summed E-state index contributed by atoms with van der Waals surface area (Å²) < 4.78 is 31.9. The number of benzene rings is 1. The minimum atomic E-state index is -3.64. The second-order valence-electron chi connectivity index (χ2n) is 4.29. The molecule has 6 nitrogen and oxygen atoms in total. The molecule has 0 bridgehead atoms. The van der Waals surface area contributed by atoms with Crippen molar-refractivity contribution in [3.63, 3.8) is 0 Å². The van der Waals surface area contributed by atoms with Crippen molar-refractivity contribution in [3.05, 3.63) is 35.4 Å². The van der Waals surface area contributed by atoms with Gasteiger partial charge in [-0.1, -0.05) is 12.1 Å². The number of carboxylic acid groups (broad SMARTS) is 1. The topological polar surface area (TPSA) is 92.7 Å². The highest BCUT2D eigenvalue weighted by atomic mass is 32.2. The molecule has 0 heterocycles. The lowest BCUT2D eigenvalue weighted by Gasteiger charge is -2.10. The van der Waals surface area contributed by atoms with Gasteiger partial charge in [-0.2, -0.15) is 0 Å². The van der Waals surface area contributed by atoms with Crippen LogP contribution in [0.25, 0.3) is 6.08 Å². The second kappa shape index (κ2) is 7.92. The molecule has 7 heteroatoms. The van der Waals surface area contributed by atoms with Gasteiger partial charge in [0.25, 0.3) is 0 Å². The average Bonchev–Trinajstić information content (AvgIpc) is 2.42. The summed E-state index contributed by atoms with van der Waals surface area (Å²) >= 11 is 0. The highest BCUT2D eigenvalue weighted by Crippen LogP contribution is 2.17. The van der Waals surface area contributed by atoms with E-state index in [1.807, 2.05) is 6.92 Å². The van der Waals surface area contributed by atoms with E-state index in [1.54, 1.807) is 19.1 Å². The highest BCUT2D eigenvalue weighted by molar-refractivity contribution is 7.89. The van der Waals surface area contributed by atoms with E-state index in [0.717, 1.165) is 6.08 Å². The molecule has 0 unspecified atom stereocenters. The van der Waals surface area contributed by atoms with Crippen LogP contribution in [-0.4, -0.2) is 39.3 Å². The lowest BCUT2D eigenvalue weighted by atomic mass is 10.1. The Morgan fingerprint density at radius 3 is 2.76 bits per heavy atom. The van der Waals surface area contributed by atoms with Gasteiger partial charge in [0.1, 0.15) is 0 Å². The van der Waals surface area contributed by atoms with E-state index in [4.69, 9.17) is 9.84 Å². The van der Waals surface area contributed by atoms with Crippen LogP contribution < -0.4 is 4.72 Å². The van der Waals surface area contributed by atoms with Crippen molar-refractivity contribution in [2.75, 3.05) is 19.8 Å². The first-order chi connectivity index (χ1) is 9.86. The number of rotatable bonds is 8. The summed E-state index contributed by atoms with van der Waals surface area (Å²) in [5.41, 5.74) is 1.10. The van der Waals surface area contributed by atoms with Crippen molar-refractivity contribution in [2.45, 2.75) is 18.7 Å². The number of hydrogen-bond acceptors (Lipinski definition) is 4. The van der Waals surface area contributed by atoms with Crippen LogP contribution in [0.4, 0.5) is 0 Å². The fourth-order valence-electron chi connectivity index (χ4n) is 1.65. The van der Waals surface area contributed by atoms with Crippen LogP contribution in [-0.2, 0) is 19.6 Å². The minimum Gasteiger partial charge on any atom is -0.478 e. The fraction of sp³-hybridized carbons (Fsp3) is 0.357. The Morgan fingerprint density at radius 1 is 1.43 bits per heavy atom. The van der Waals surface area contributed by atoms with Gasteiger partial charge in [0.05, 0.1) is 11.5 Å². The van der Waals surface area contributed by atoms with Crippen LogP contribution in [0.3, 0.4) is 0 Å². The first kappa shape index (κ1) is 17.4. The quantitative estimate of drug-likeness (QED) is 0.559. The maximum absolute atomic E-state index is 12.2. The van der Waals surface area contributed by atoms with E-state index in [1.165, 1.54) is 12.1 Å². The number of ether oxygens (including phenoxy) is 1.